The van der Waals surface area contributed by atoms with E-state index in [1.54, 1.807) is 0 Å². The van der Waals surface area contributed by atoms with Crippen LogP contribution in [-0.2, 0) is 21.0 Å². The number of nitro groups is 1. The molecule has 0 fully saturated rings. The lowest BCUT2D eigenvalue weighted by Crippen LogP contribution is -2.45. The van der Waals surface area contributed by atoms with Crippen LogP contribution < -0.4 is 9.62 Å². The highest BCUT2D eigenvalue weighted by atomic mass is 32.2. The Morgan fingerprint density at radius 1 is 1.17 bits per heavy atom. The molecule has 0 aliphatic heterocycles. The molecule has 1 N–H and O–H groups in total. The summed E-state index contributed by atoms with van der Waals surface area (Å²) in [5.74, 6) is -0.828. The summed E-state index contributed by atoms with van der Waals surface area (Å²) >= 11 is 0. The molecule has 0 aromatic heterocycles. The summed E-state index contributed by atoms with van der Waals surface area (Å²) < 4.78 is 63.4. The van der Waals surface area contributed by atoms with Gasteiger partial charge in [-0.15, -0.1) is 0 Å². The predicted molar refractivity (Wildman–Crippen MR) is 105 cm³/mol. The quantitative estimate of drug-likeness (QED) is 0.538. The SMILES string of the molecule is Cc1ccc([N+](=O)[O-])cc1N([C@@H](C)C(=O)Nc1ccc(C(F)(F)F)cc1)S(C)(=O)=O. The highest BCUT2D eigenvalue weighted by Crippen LogP contribution is 2.31. The number of benzene rings is 2. The first-order valence-corrected chi connectivity index (χ1v) is 10.3. The Morgan fingerprint density at radius 3 is 2.20 bits per heavy atom. The number of anilines is 2. The smallest absolute Gasteiger partial charge is 0.324 e. The van der Waals surface area contributed by atoms with E-state index in [-0.39, 0.29) is 17.1 Å². The average Bonchev–Trinajstić information content (AvgIpc) is 2.61. The van der Waals surface area contributed by atoms with E-state index in [0.29, 0.717) is 5.56 Å². The molecule has 2 aromatic carbocycles. The molecule has 0 unspecified atom stereocenters. The summed E-state index contributed by atoms with van der Waals surface area (Å²) in [7, 11) is -4.04. The van der Waals surface area contributed by atoms with E-state index in [0.717, 1.165) is 40.9 Å². The van der Waals surface area contributed by atoms with Crippen LogP contribution in [0.25, 0.3) is 0 Å². The Morgan fingerprint density at radius 2 is 1.73 bits per heavy atom. The zero-order chi connectivity index (χ0) is 22.9. The summed E-state index contributed by atoms with van der Waals surface area (Å²) in [6.45, 7) is 2.79. The molecule has 2 aromatic rings. The molecule has 162 valence electrons. The number of nitro benzene ring substituents is 1. The second-order valence-corrected chi connectivity index (χ2v) is 8.39. The molecule has 2 rings (SSSR count). The minimum absolute atomic E-state index is 0.0315. The summed E-state index contributed by atoms with van der Waals surface area (Å²) in [6, 6.07) is 5.88. The fourth-order valence-corrected chi connectivity index (χ4v) is 3.94. The molecule has 1 atom stereocenters. The summed E-state index contributed by atoms with van der Waals surface area (Å²) in [4.78, 5) is 23.0. The van der Waals surface area contributed by atoms with Crippen molar-refractivity contribution >= 4 is 33.0 Å². The topological polar surface area (TPSA) is 110 Å². The monoisotopic (exact) mass is 445 g/mol. The number of nitrogens with one attached hydrogen (secondary N) is 1. The molecule has 12 heteroatoms. The minimum Gasteiger partial charge on any atom is -0.324 e. The molecule has 0 aliphatic rings. The number of halogens is 3. The van der Waals surface area contributed by atoms with Gasteiger partial charge < -0.3 is 5.32 Å². The van der Waals surface area contributed by atoms with Crippen molar-refractivity contribution in [3.63, 3.8) is 0 Å². The first-order valence-electron chi connectivity index (χ1n) is 8.44. The van der Waals surface area contributed by atoms with E-state index < -0.39 is 38.6 Å². The van der Waals surface area contributed by atoms with Crippen molar-refractivity contribution in [2.75, 3.05) is 15.9 Å². The van der Waals surface area contributed by atoms with E-state index >= 15 is 0 Å². The predicted octanol–water partition coefficient (Wildman–Crippen LogP) is 3.72. The van der Waals surface area contributed by atoms with Crippen LogP contribution in [0.2, 0.25) is 0 Å². The van der Waals surface area contributed by atoms with Gasteiger partial charge in [-0.25, -0.2) is 8.42 Å². The number of hydrogen-bond donors (Lipinski definition) is 1. The van der Waals surface area contributed by atoms with Crippen LogP contribution >= 0.6 is 0 Å². The van der Waals surface area contributed by atoms with Gasteiger partial charge in [-0.3, -0.25) is 19.2 Å². The molecular formula is C18H18F3N3O5S. The average molecular weight is 445 g/mol. The van der Waals surface area contributed by atoms with Crippen LogP contribution in [0.15, 0.2) is 42.5 Å². The largest absolute Gasteiger partial charge is 0.416 e. The van der Waals surface area contributed by atoms with E-state index in [9.17, 15) is 36.5 Å². The van der Waals surface area contributed by atoms with E-state index in [1.165, 1.54) is 26.0 Å². The lowest BCUT2D eigenvalue weighted by molar-refractivity contribution is -0.384. The molecule has 1 amide bonds. The minimum atomic E-state index is -4.54. The molecule has 0 bridgehead atoms. The molecular weight excluding hydrogens is 427 g/mol. The maximum absolute atomic E-state index is 12.7. The maximum Gasteiger partial charge on any atom is 0.416 e. The van der Waals surface area contributed by atoms with Gasteiger partial charge in [0, 0.05) is 17.8 Å². The molecule has 0 saturated carbocycles. The van der Waals surface area contributed by atoms with Gasteiger partial charge in [0.1, 0.15) is 6.04 Å². The zero-order valence-electron chi connectivity index (χ0n) is 16.1. The third kappa shape index (κ3) is 5.26. The van der Waals surface area contributed by atoms with Crippen molar-refractivity contribution in [3.05, 3.63) is 63.7 Å². The van der Waals surface area contributed by atoms with Crippen LogP contribution in [0.3, 0.4) is 0 Å². The Kier molecular flexibility index (Phi) is 6.40. The van der Waals surface area contributed by atoms with Crippen LogP contribution in [0, 0.1) is 17.0 Å². The number of rotatable bonds is 6. The highest BCUT2D eigenvalue weighted by molar-refractivity contribution is 7.92. The Labute approximate surface area is 170 Å². The van der Waals surface area contributed by atoms with Crippen molar-refractivity contribution in [2.24, 2.45) is 0 Å². The molecule has 0 aliphatic carbocycles. The third-order valence-electron chi connectivity index (χ3n) is 4.21. The zero-order valence-corrected chi connectivity index (χ0v) is 16.9. The molecule has 0 spiro atoms. The van der Waals surface area contributed by atoms with Gasteiger partial charge in [0.15, 0.2) is 0 Å². The Hall–Kier alpha value is -3.15. The number of aryl methyl sites for hydroxylation is 1. The van der Waals surface area contributed by atoms with Crippen LogP contribution in [0.5, 0.6) is 0 Å². The van der Waals surface area contributed by atoms with Gasteiger partial charge in [-0.05, 0) is 43.7 Å². The number of sulfonamides is 1. The summed E-state index contributed by atoms with van der Waals surface area (Å²) in [6.07, 6.45) is -3.70. The maximum atomic E-state index is 12.7. The number of alkyl halides is 3. The first kappa shape index (κ1) is 23.1. The van der Waals surface area contributed by atoms with Crippen molar-refractivity contribution in [3.8, 4) is 0 Å². The Balaban J connectivity index is 2.36. The van der Waals surface area contributed by atoms with Gasteiger partial charge in [0.25, 0.3) is 5.69 Å². The number of non-ortho nitro benzene ring substituents is 1. The van der Waals surface area contributed by atoms with E-state index in [1.807, 2.05) is 0 Å². The number of amides is 1. The first-order chi connectivity index (χ1) is 13.7. The van der Waals surface area contributed by atoms with Crippen LogP contribution in [0.1, 0.15) is 18.1 Å². The van der Waals surface area contributed by atoms with Crippen LogP contribution in [0.4, 0.5) is 30.2 Å². The number of nitrogens with zero attached hydrogens (tertiary/aromatic N) is 2. The van der Waals surface area contributed by atoms with Gasteiger partial charge in [0.05, 0.1) is 22.4 Å². The lowest BCUT2D eigenvalue weighted by atomic mass is 10.1. The van der Waals surface area contributed by atoms with Gasteiger partial charge in [-0.2, -0.15) is 13.2 Å². The Bertz CT molecular complexity index is 1070. The molecule has 30 heavy (non-hydrogen) atoms. The highest BCUT2D eigenvalue weighted by Gasteiger charge is 2.32. The van der Waals surface area contributed by atoms with Crippen molar-refractivity contribution in [1.82, 2.24) is 0 Å². The number of carbonyl (C=O) groups is 1. The van der Waals surface area contributed by atoms with Gasteiger partial charge in [-0.1, -0.05) is 6.07 Å². The second kappa shape index (κ2) is 8.30. The molecule has 0 heterocycles. The fourth-order valence-electron chi connectivity index (χ4n) is 2.72. The summed E-state index contributed by atoms with van der Waals surface area (Å²) in [5.41, 5.74) is -0.913. The van der Waals surface area contributed by atoms with Gasteiger partial charge in [0.2, 0.25) is 15.9 Å². The number of hydrogen-bond acceptors (Lipinski definition) is 5. The molecule has 0 saturated heterocycles. The van der Waals surface area contributed by atoms with Crippen molar-refractivity contribution in [2.45, 2.75) is 26.1 Å². The summed E-state index contributed by atoms with van der Waals surface area (Å²) in [5, 5.41) is 13.4. The second-order valence-electron chi connectivity index (χ2n) is 6.53. The normalized spacial score (nSPS) is 12.9. The fraction of sp³-hybridized carbons (Fsp3) is 0.278. The van der Waals surface area contributed by atoms with E-state index in [2.05, 4.69) is 5.32 Å². The van der Waals surface area contributed by atoms with Gasteiger partial charge >= 0.3 is 6.18 Å². The van der Waals surface area contributed by atoms with Crippen molar-refractivity contribution < 1.29 is 31.3 Å². The molecule has 0 radical (unpaired) electrons. The van der Waals surface area contributed by atoms with Crippen molar-refractivity contribution in [1.29, 1.82) is 0 Å². The molecule has 8 nitrogen and oxygen atoms in total. The van der Waals surface area contributed by atoms with E-state index in [4.69, 9.17) is 0 Å². The lowest BCUT2D eigenvalue weighted by Gasteiger charge is -2.29. The van der Waals surface area contributed by atoms with Crippen LogP contribution in [-0.4, -0.2) is 31.5 Å². The standard InChI is InChI=1S/C18H18F3N3O5S/c1-11-4-9-15(24(26)27)10-16(11)23(30(3,28)29)12(2)17(25)22-14-7-5-13(6-8-14)18(19,20)21/h4-10,12H,1-3H3,(H,22,25)/t12-/m0/s1. The number of carbonyl (C=O) groups excluding carboxylic acids is 1. The third-order valence-corrected chi connectivity index (χ3v) is 5.44.